The van der Waals surface area contributed by atoms with Crippen LogP contribution in [-0.4, -0.2) is 31.5 Å². The van der Waals surface area contributed by atoms with Crippen LogP contribution >= 0.6 is 0 Å². The smallest absolute Gasteiger partial charge is 0.331 e. The number of H-pyrrole nitrogens is 1. The molecule has 0 bridgehead atoms. The van der Waals surface area contributed by atoms with Crippen LogP contribution in [0.1, 0.15) is 13.2 Å². The van der Waals surface area contributed by atoms with Crippen molar-refractivity contribution in [1.29, 1.82) is 0 Å². The van der Waals surface area contributed by atoms with Gasteiger partial charge in [0.1, 0.15) is 11.9 Å². The van der Waals surface area contributed by atoms with Gasteiger partial charge < -0.3 is 14.9 Å². The van der Waals surface area contributed by atoms with Gasteiger partial charge in [-0.3, -0.25) is 14.3 Å². The Balaban J connectivity index is 2.61. The van der Waals surface area contributed by atoms with E-state index in [0.717, 1.165) is 10.6 Å². The number of aromatic amines is 1. The van der Waals surface area contributed by atoms with Crippen molar-refractivity contribution >= 4 is 0 Å². The zero-order valence-electron chi connectivity index (χ0n) is 10.3. The molecule has 19 heavy (non-hydrogen) atoms. The average Bonchev–Trinajstić information content (AvgIpc) is 2.55. The van der Waals surface area contributed by atoms with Gasteiger partial charge in [-0.15, -0.1) is 0 Å². The molecule has 0 amide bonds. The minimum Gasteiger partial charge on any atom is -0.468 e. The van der Waals surface area contributed by atoms with E-state index in [4.69, 9.17) is 4.74 Å². The summed E-state index contributed by atoms with van der Waals surface area (Å²) >= 11 is 0. The third-order valence-corrected chi connectivity index (χ3v) is 3.15. The zero-order valence-corrected chi connectivity index (χ0v) is 10.3. The van der Waals surface area contributed by atoms with Crippen LogP contribution in [0.4, 0.5) is 0 Å². The SMILES string of the molecule is C=C1O[C@@H](n2ccc(=O)[nH]c2=O)[C@@](O)(C(=C)C)[C@@H]1O. The summed E-state index contributed by atoms with van der Waals surface area (Å²) in [5, 5.41) is 20.5. The second-order valence-corrected chi connectivity index (χ2v) is 4.46. The molecule has 3 atom stereocenters. The minimum atomic E-state index is -1.89. The molecule has 0 aromatic carbocycles. The Bertz CT molecular complexity index is 659. The van der Waals surface area contributed by atoms with Crippen molar-refractivity contribution in [3.8, 4) is 0 Å². The molecule has 2 heterocycles. The Morgan fingerprint density at radius 2 is 2.21 bits per heavy atom. The monoisotopic (exact) mass is 266 g/mol. The summed E-state index contributed by atoms with van der Waals surface area (Å²) in [4.78, 5) is 24.8. The second kappa shape index (κ2) is 4.22. The van der Waals surface area contributed by atoms with E-state index in [9.17, 15) is 19.8 Å². The predicted octanol–water partition coefficient (Wildman–Crippen LogP) is -0.753. The number of nitrogens with zero attached hydrogens (tertiary/aromatic N) is 1. The fraction of sp³-hybridized carbons (Fsp3) is 0.333. The van der Waals surface area contributed by atoms with E-state index in [1.54, 1.807) is 0 Å². The quantitative estimate of drug-likeness (QED) is 0.611. The normalized spacial score (nSPS) is 30.2. The first-order chi connectivity index (χ1) is 8.78. The summed E-state index contributed by atoms with van der Waals surface area (Å²) < 4.78 is 6.21. The first-order valence-corrected chi connectivity index (χ1v) is 5.52. The van der Waals surface area contributed by atoms with Crippen molar-refractivity contribution in [2.75, 3.05) is 0 Å². The number of hydrogen-bond donors (Lipinski definition) is 3. The lowest BCUT2D eigenvalue weighted by Crippen LogP contribution is -2.48. The van der Waals surface area contributed by atoms with Crippen molar-refractivity contribution in [3.63, 3.8) is 0 Å². The molecular formula is C12H14N2O5. The van der Waals surface area contributed by atoms with Gasteiger partial charge in [0.25, 0.3) is 5.56 Å². The third-order valence-electron chi connectivity index (χ3n) is 3.15. The summed E-state index contributed by atoms with van der Waals surface area (Å²) in [7, 11) is 0. The predicted molar refractivity (Wildman–Crippen MR) is 66.4 cm³/mol. The van der Waals surface area contributed by atoms with Gasteiger partial charge in [0.15, 0.2) is 5.60 Å². The number of rotatable bonds is 2. The maximum absolute atomic E-state index is 11.7. The van der Waals surface area contributed by atoms with Crippen LogP contribution in [0.15, 0.2) is 46.3 Å². The standard InChI is InChI=1S/C12H14N2O5/c1-6(2)12(18)9(16)7(3)19-10(12)14-5-4-8(15)13-11(14)17/h4-5,9-10,16,18H,1,3H2,2H3,(H,13,15,17)/t9-,10-,12-/m1/s1. The van der Waals surface area contributed by atoms with E-state index in [1.165, 1.54) is 13.1 Å². The van der Waals surface area contributed by atoms with Crippen LogP contribution in [0.2, 0.25) is 0 Å². The van der Waals surface area contributed by atoms with E-state index in [0.29, 0.717) is 0 Å². The van der Waals surface area contributed by atoms with Gasteiger partial charge in [-0.05, 0) is 12.5 Å². The number of ether oxygens (including phenoxy) is 1. The van der Waals surface area contributed by atoms with Crippen LogP contribution < -0.4 is 11.2 Å². The number of aliphatic hydroxyl groups is 2. The molecule has 0 saturated carbocycles. The van der Waals surface area contributed by atoms with Gasteiger partial charge in [0.2, 0.25) is 6.23 Å². The molecule has 1 fully saturated rings. The lowest BCUT2D eigenvalue weighted by molar-refractivity contribution is -0.0814. The molecule has 102 valence electrons. The minimum absolute atomic E-state index is 0.0754. The molecule has 0 aliphatic carbocycles. The molecular weight excluding hydrogens is 252 g/mol. The molecule has 1 saturated heterocycles. The molecule has 2 rings (SSSR count). The van der Waals surface area contributed by atoms with Crippen LogP contribution in [0.3, 0.4) is 0 Å². The van der Waals surface area contributed by atoms with Gasteiger partial charge in [-0.25, -0.2) is 4.79 Å². The maximum Gasteiger partial charge on any atom is 0.331 e. The van der Waals surface area contributed by atoms with Crippen LogP contribution in [-0.2, 0) is 4.74 Å². The van der Waals surface area contributed by atoms with Crippen molar-refractivity contribution in [1.82, 2.24) is 9.55 Å². The van der Waals surface area contributed by atoms with E-state index >= 15 is 0 Å². The van der Waals surface area contributed by atoms with E-state index in [-0.39, 0.29) is 11.3 Å². The van der Waals surface area contributed by atoms with Crippen LogP contribution in [0.5, 0.6) is 0 Å². The lowest BCUT2D eigenvalue weighted by atomic mass is 9.89. The fourth-order valence-corrected chi connectivity index (χ4v) is 2.00. The Morgan fingerprint density at radius 3 is 2.74 bits per heavy atom. The number of aromatic nitrogens is 2. The van der Waals surface area contributed by atoms with Crippen molar-refractivity contribution in [3.05, 3.63) is 57.6 Å². The van der Waals surface area contributed by atoms with Crippen molar-refractivity contribution in [2.45, 2.75) is 24.9 Å². The number of nitrogens with one attached hydrogen (secondary N) is 1. The Hall–Kier alpha value is -2.12. The van der Waals surface area contributed by atoms with E-state index < -0.39 is 29.2 Å². The third kappa shape index (κ3) is 1.83. The highest BCUT2D eigenvalue weighted by atomic mass is 16.6. The molecule has 1 aromatic rings. The van der Waals surface area contributed by atoms with Gasteiger partial charge >= 0.3 is 5.69 Å². The molecule has 1 aliphatic rings. The summed E-state index contributed by atoms with van der Waals surface area (Å²) in [6.07, 6.45) is -1.48. The molecule has 0 spiro atoms. The first-order valence-electron chi connectivity index (χ1n) is 5.52. The summed E-state index contributed by atoms with van der Waals surface area (Å²) in [6.45, 7) is 8.57. The van der Waals surface area contributed by atoms with E-state index in [2.05, 4.69) is 13.2 Å². The molecule has 7 nitrogen and oxygen atoms in total. The first kappa shape index (κ1) is 13.3. The zero-order chi connectivity index (χ0) is 14.4. The van der Waals surface area contributed by atoms with Crippen LogP contribution in [0, 0.1) is 0 Å². The van der Waals surface area contributed by atoms with Gasteiger partial charge in [-0.2, -0.15) is 0 Å². The number of hydrogen-bond acceptors (Lipinski definition) is 5. The largest absolute Gasteiger partial charge is 0.468 e. The molecule has 1 aliphatic heterocycles. The molecule has 0 unspecified atom stereocenters. The number of aliphatic hydroxyl groups excluding tert-OH is 1. The average molecular weight is 266 g/mol. The van der Waals surface area contributed by atoms with Crippen molar-refractivity contribution in [2.24, 2.45) is 0 Å². The molecule has 3 N–H and O–H groups in total. The highest BCUT2D eigenvalue weighted by Crippen LogP contribution is 2.43. The summed E-state index contributed by atoms with van der Waals surface area (Å²) in [6, 6.07) is 1.11. The summed E-state index contributed by atoms with van der Waals surface area (Å²) in [5.74, 6) is -0.0754. The molecule has 7 heteroatoms. The second-order valence-electron chi connectivity index (χ2n) is 4.46. The molecule has 1 aromatic heterocycles. The Morgan fingerprint density at radius 1 is 1.58 bits per heavy atom. The Kier molecular flexibility index (Phi) is 2.95. The highest BCUT2D eigenvalue weighted by Gasteiger charge is 2.55. The maximum atomic E-state index is 11.7. The fourth-order valence-electron chi connectivity index (χ4n) is 2.00. The summed E-state index contributed by atoms with van der Waals surface area (Å²) in [5.41, 5.74) is -3.02. The lowest BCUT2D eigenvalue weighted by Gasteiger charge is -2.30. The van der Waals surface area contributed by atoms with Gasteiger partial charge in [0, 0.05) is 12.3 Å². The van der Waals surface area contributed by atoms with Crippen LogP contribution in [0.25, 0.3) is 0 Å². The molecule has 0 radical (unpaired) electrons. The van der Waals surface area contributed by atoms with Gasteiger partial charge in [0.05, 0.1) is 0 Å². The van der Waals surface area contributed by atoms with Gasteiger partial charge in [-0.1, -0.05) is 13.2 Å². The van der Waals surface area contributed by atoms with E-state index in [1.807, 2.05) is 4.98 Å². The highest BCUT2D eigenvalue weighted by molar-refractivity contribution is 5.26. The van der Waals surface area contributed by atoms with Crippen molar-refractivity contribution < 1.29 is 14.9 Å². The topological polar surface area (TPSA) is 105 Å². The Labute approximate surface area is 108 Å².